The monoisotopic (exact) mass is 397 g/mol. The van der Waals surface area contributed by atoms with Crippen LogP contribution in [-0.2, 0) is 16.1 Å². The predicted molar refractivity (Wildman–Crippen MR) is 111 cm³/mol. The van der Waals surface area contributed by atoms with Crippen LogP contribution in [0.1, 0.15) is 25.7 Å². The third-order valence-electron chi connectivity index (χ3n) is 5.08. The highest BCUT2D eigenvalue weighted by Crippen LogP contribution is 2.30. The molecule has 1 aliphatic heterocycles. The number of carbonyl (C=O) groups is 1. The molecule has 1 fully saturated rings. The normalized spacial score (nSPS) is 16.5. The number of hydrogen-bond acceptors (Lipinski definition) is 3. The number of nitrogens with one attached hydrogen (secondary N) is 1. The molecule has 0 spiro atoms. The summed E-state index contributed by atoms with van der Waals surface area (Å²) in [4.78, 5) is 12.1. The fraction of sp³-hybridized carbons (Fsp3) is 0.364. The van der Waals surface area contributed by atoms with E-state index in [2.05, 4.69) is 5.32 Å². The standard InChI is InChI=1S/C22H24ClN3O2/c23-17-10-11-20-19(14-17)22(16-6-2-1-3-7-16)25-26(20)12-4-9-21(27)24-15-18-8-5-13-28-18/h1-3,6-7,10-11,14,18H,4-5,8-9,12-13,15H2,(H,24,27). The van der Waals surface area contributed by atoms with Crippen LogP contribution in [0, 0.1) is 0 Å². The van der Waals surface area contributed by atoms with Crippen LogP contribution in [0.2, 0.25) is 5.02 Å². The summed E-state index contributed by atoms with van der Waals surface area (Å²) in [7, 11) is 0. The second-order valence-electron chi connectivity index (χ2n) is 7.14. The van der Waals surface area contributed by atoms with Crippen LogP contribution in [-0.4, -0.2) is 34.9 Å². The van der Waals surface area contributed by atoms with E-state index < -0.39 is 0 Å². The van der Waals surface area contributed by atoms with Gasteiger partial charge in [-0.05, 0) is 37.5 Å². The maximum Gasteiger partial charge on any atom is 0.220 e. The third-order valence-corrected chi connectivity index (χ3v) is 5.32. The van der Waals surface area contributed by atoms with Crippen LogP contribution in [0.5, 0.6) is 0 Å². The number of halogens is 1. The van der Waals surface area contributed by atoms with Crippen molar-refractivity contribution in [3.05, 3.63) is 53.6 Å². The zero-order chi connectivity index (χ0) is 19.3. The number of nitrogens with zero attached hydrogens (tertiary/aromatic N) is 2. The highest BCUT2D eigenvalue weighted by Gasteiger charge is 2.16. The predicted octanol–water partition coefficient (Wildman–Crippen LogP) is 4.43. The molecule has 0 bridgehead atoms. The summed E-state index contributed by atoms with van der Waals surface area (Å²) in [6.07, 6.45) is 3.50. The molecule has 2 aromatic carbocycles. The van der Waals surface area contributed by atoms with Gasteiger partial charge >= 0.3 is 0 Å². The van der Waals surface area contributed by atoms with Gasteiger partial charge in [0.15, 0.2) is 0 Å². The Hall–Kier alpha value is -2.37. The van der Waals surface area contributed by atoms with Gasteiger partial charge in [-0.3, -0.25) is 9.48 Å². The lowest BCUT2D eigenvalue weighted by atomic mass is 10.1. The molecule has 5 nitrogen and oxygen atoms in total. The Balaban J connectivity index is 1.43. The summed E-state index contributed by atoms with van der Waals surface area (Å²) in [6, 6.07) is 15.9. The molecule has 1 unspecified atom stereocenters. The summed E-state index contributed by atoms with van der Waals surface area (Å²) in [5, 5.41) is 9.51. The van der Waals surface area contributed by atoms with Crippen LogP contribution in [0.4, 0.5) is 0 Å². The minimum Gasteiger partial charge on any atom is -0.376 e. The number of rotatable bonds is 7. The van der Waals surface area contributed by atoms with Crippen LogP contribution in [0.3, 0.4) is 0 Å². The van der Waals surface area contributed by atoms with E-state index in [1.807, 2.05) is 53.2 Å². The Morgan fingerprint density at radius 3 is 2.89 bits per heavy atom. The fourth-order valence-corrected chi connectivity index (χ4v) is 3.81. The number of benzene rings is 2. The zero-order valence-electron chi connectivity index (χ0n) is 15.7. The molecule has 0 radical (unpaired) electrons. The number of fused-ring (bicyclic) bond motifs is 1. The van der Waals surface area contributed by atoms with Crippen LogP contribution >= 0.6 is 11.6 Å². The molecule has 1 aromatic heterocycles. The minimum absolute atomic E-state index is 0.0679. The van der Waals surface area contributed by atoms with Crippen molar-refractivity contribution in [2.24, 2.45) is 0 Å². The fourth-order valence-electron chi connectivity index (χ4n) is 3.64. The van der Waals surface area contributed by atoms with Crippen molar-refractivity contribution in [1.82, 2.24) is 15.1 Å². The Labute approximate surface area is 169 Å². The lowest BCUT2D eigenvalue weighted by Gasteiger charge is -2.10. The smallest absolute Gasteiger partial charge is 0.220 e. The first-order valence-electron chi connectivity index (χ1n) is 9.80. The number of amides is 1. The van der Waals surface area contributed by atoms with Gasteiger partial charge in [0.05, 0.1) is 11.6 Å². The van der Waals surface area contributed by atoms with E-state index in [-0.39, 0.29) is 12.0 Å². The second kappa shape index (κ2) is 8.76. The molecule has 1 saturated heterocycles. The van der Waals surface area contributed by atoms with Crippen molar-refractivity contribution in [2.45, 2.75) is 38.3 Å². The lowest BCUT2D eigenvalue weighted by Crippen LogP contribution is -2.31. The van der Waals surface area contributed by atoms with E-state index in [1.165, 1.54) is 0 Å². The maximum atomic E-state index is 12.1. The van der Waals surface area contributed by atoms with E-state index in [0.717, 1.165) is 48.0 Å². The molecule has 6 heteroatoms. The molecule has 1 atom stereocenters. The van der Waals surface area contributed by atoms with E-state index in [1.54, 1.807) is 0 Å². The topological polar surface area (TPSA) is 56.2 Å². The van der Waals surface area contributed by atoms with E-state index in [0.29, 0.717) is 24.5 Å². The average Bonchev–Trinajstić information content (AvgIpc) is 3.35. The third kappa shape index (κ3) is 4.37. The van der Waals surface area contributed by atoms with Gasteiger partial charge in [-0.25, -0.2) is 0 Å². The van der Waals surface area contributed by atoms with Gasteiger partial charge < -0.3 is 10.1 Å². The number of aromatic nitrogens is 2. The number of ether oxygens (including phenoxy) is 1. The molecule has 0 saturated carbocycles. The first-order valence-corrected chi connectivity index (χ1v) is 10.2. The molecule has 4 rings (SSSR count). The quantitative estimate of drug-likeness (QED) is 0.641. The largest absolute Gasteiger partial charge is 0.376 e. The van der Waals surface area contributed by atoms with Crippen LogP contribution < -0.4 is 5.32 Å². The van der Waals surface area contributed by atoms with Gasteiger partial charge in [0.2, 0.25) is 5.91 Å². The van der Waals surface area contributed by atoms with Gasteiger partial charge in [0.25, 0.3) is 0 Å². The Bertz CT molecular complexity index is 949. The second-order valence-corrected chi connectivity index (χ2v) is 7.58. The molecule has 3 aromatic rings. The zero-order valence-corrected chi connectivity index (χ0v) is 16.5. The molecule has 1 amide bonds. The van der Waals surface area contributed by atoms with E-state index >= 15 is 0 Å². The van der Waals surface area contributed by atoms with Crippen molar-refractivity contribution in [2.75, 3.05) is 13.2 Å². The number of hydrogen-bond donors (Lipinski definition) is 1. The highest BCUT2D eigenvalue weighted by molar-refractivity contribution is 6.31. The molecule has 0 aliphatic carbocycles. The highest BCUT2D eigenvalue weighted by atomic mass is 35.5. The van der Waals surface area contributed by atoms with Crippen molar-refractivity contribution in [3.8, 4) is 11.3 Å². The Morgan fingerprint density at radius 1 is 1.25 bits per heavy atom. The van der Waals surface area contributed by atoms with E-state index in [4.69, 9.17) is 21.4 Å². The first kappa shape index (κ1) is 19.0. The van der Waals surface area contributed by atoms with Crippen molar-refractivity contribution < 1.29 is 9.53 Å². The first-order chi connectivity index (χ1) is 13.7. The maximum absolute atomic E-state index is 12.1. The summed E-state index contributed by atoms with van der Waals surface area (Å²) >= 11 is 6.22. The van der Waals surface area contributed by atoms with Gasteiger partial charge in [0.1, 0.15) is 5.69 Å². The summed E-state index contributed by atoms with van der Waals surface area (Å²) in [5.41, 5.74) is 3.01. The van der Waals surface area contributed by atoms with Crippen molar-refractivity contribution >= 4 is 28.4 Å². The van der Waals surface area contributed by atoms with Crippen LogP contribution in [0.15, 0.2) is 48.5 Å². The Kier molecular flexibility index (Phi) is 5.93. The van der Waals surface area contributed by atoms with Crippen molar-refractivity contribution in [3.63, 3.8) is 0 Å². The van der Waals surface area contributed by atoms with Gasteiger partial charge in [-0.2, -0.15) is 5.10 Å². The molecule has 28 heavy (non-hydrogen) atoms. The summed E-state index contributed by atoms with van der Waals surface area (Å²) < 4.78 is 7.51. The van der Waals surface area contributed by atoms with Crippen LogP contribution in [0.25, 0.3) is 22.2 Å². The molecule has 1 N–H and O–H groups in total. The summed E-state index contributed by atoms with van der Waals surface area (Å²) in [5.74, 6) is 0.0679. The minimum atomic E-state index is 0.0679. The lowest BCUT2D eigenvalue weighted by molar-refractivity contribution is -0.121. The van der Waals surface area contributed by atoms with Gasteiger partial charge in [-0.1, -0.05) is 41.9 Å². The summed E-state index contributed by atoms with van der Waals surface area (Å²) in [6.45, 7) is 2.10. The Morgan fingerprint density at radius 2 is 2.11 bits per heavy atom. The average molecular weight is 398 g/mol. The van der Waals surface area contributed by atoms with E-state index in [9.17, 15) is 4.79 Å². The number of aryl methyl sites for hydroxylation is 1. The molecular weight excluding hydrogens is 374 g/mol. The molecule has 2 heterocycles. The van der Waals surface area contributed by atoms with Gasteiger partial charge in [0, 0.05) is 42.1 Å². The number of carbonyl (C=O) groups excluding carboxylic acids is 1. The van der Waals surface area contributed by atoms with Gasteiger partial charge in [-0.15, -0.1) is 0 Å². The van der Waals surface area contributed by atoms with Crippen molar-refractivity contribution in [1.29, 1.82) is 0 Å². The molecule has 1 aliphatic rings. The SMILES string of the molecule is O=C(CCCn1nc(-c2ccccc2)c2cc(Cl)ccc21)NCC1CCCO1. The molecule has 146 valence electrons. The molecular formula is C22H24ClN3O2.